The zero-order valence-corrected chi connectivity index (χ0v) is 22.9. The Morgan fingerprint density at radius 1 is 1.21 bits per heavy atom. The van der Waals surface area contributed by atoms with Crippen molar-refractivity contribution < 1.29 is 29.7 Å². The van der Waals surface area contributed by atoms with Gasteiger partial charge in [0, 0.05) is 34.9 Å². The van der Waals surface area contributed by atoms with E-state index in [1.807, 2.05) is 26.8 Å². The standard InChI is InChI=1S/C26H32BrN5O6/c1-26(2,3)16-4-14(5-17(27)8-16)21(24(37)38)13-32(22(35)10-28)23(36)15-6-18(9-19(33)7-15)31-25-29-11-20(34)12-30-25/h4-9,20-21,33-34H,10-13,28H2,1-3H3,(H,37,38)(H2,29,30,31). The van der Waals surface area contributed by atoms with E-state index >= 15 is 0 Å². The third-order valence-corrected chi connectivity index (χ3v) is 6.42. The van der Waals surface area contributed by atoms with Crippen molar-refractivity contribution in [3.05, 3.63) is 57.6 Å². The summed E-state index contributed by atoms with van der Waals surface area (Å²) in [5.41, 5.74) is 6.84. The first kappa shape index (κ1) is 29.1. The summed E-state index contributed by atoms with van der Waals surface area (Å²) in [4.78, 5) is 43.5. The number of aliphatic imine (C=N–C) groups is 1. The van der Waals surface area contributed by atoms with Crippen molar-refractivity contribution in [2.75, 3.05) is 31.5 Å². The van der Waals surface area contributed by atoms with Crippen LogP contribution in [0, 0.1) is 0 Å². The fourth-order valence-corrected chi connectivity index (χ4v) is 4.39. The maximum Gasteiger partial charge on any atom is 0.312 e. The molecule has 2 atom stereocenters. The number of anilines is 1. The van der Waals surface area contributed by atoms with Crippen LogP contribution in [-0.4, -0.2) is 76.2 Å². The number of halogens is 1. The van der Waals surface area contributed by atoms with E-state index in [2.05, 4.69) is 31.6 Å². The molecule has 204 valence electrons. The van der Waals surface area contributed by atoms with Crippen LogP contribution >= 0.6 is 15.9 Å². The van der Waals surface area contributed by atoms with Gasteiger partial charge in [-0.15, -0.1) is 0 Å². The van der Waals surface area contributed by atoms with Gasteiger partial charge < -0.3 is 31.7 Å². The highest BCUT2D eigenvalue weighted by Crippen LogP contribution is 2.31. The molecule has 0 aromatic heterocycles. The predicted octanol–water partition coefficient (Wildman–Crippen LogP) is 1.98. The van der Waals surface area contributed by atoms with Crippen molar-refractivity contribution in [2.45, 2.75) is 38.2 Å². The molecule has 0 bridgehead atoms. The van der Waals surface area contributed by atoms with Crippen LogP contribution in [0.25, 0.3) is 0 Å². The minimum atomic E-state index is -1.23. The van der Waals surface area contributed by atoms with Crippen LogP contribution in [0.15, 0.2) is 45.9 Å². The van der Waals surface area contributed by atoms with Gasteiger partial charge in [0.05, 0.1) is 25.1 Å². The lowest BCUT2D eigenvalue weighted by atomic mass is 9.84. The van der Waals surface area contributed by atoms with Crippen molar-refractivity contribution >= 4 is 45.4 Å². The molecule has 11 nitrogen and oxygen atoms in total. The smallest absolute Gasteiger partial charge is 0.312 e. The summed E-state index contributed by atoms with van der Waals surface area (Å²) >= 11 is 3.43. The molecule has 0 saturated heterocycles. The lowest BCUT2D eigenvalue weighted by Crippen LogP contribution is -2.44. The topological polar surface area (TPSA) is 178 Å². The highest BCUT2D eigenvalue weighted by atomic mass is 79.9. The summed E-state index contributed by atoms with van der Waals surface area (Å²) in [6.07, 6.45) is -0.621. The maximum atomic E-state index is 13.5. The first-order chi connectivity index (χ1) is 17.8. The van der Waals surface area contributed by atoms with E-state index in [1.54, 1.807) is 12.1 Å². The van der Waals surface area contributed by atoms with Crippen LogP contribution in [0.3, 0.4) is 0 Å². The number of hydrogen-bond acceptors (Lipinski definition) is 9. The number of amides is 2. The van der Waals surface area contributed by atoms with Gasteiger partial charge in [0.25, 0.3) is 5.91 Å². The van der Waals surface area contributed by atoms with Crippen molar-refractivity contribution in [3.8, 4) is 5.75 Å². The molecule has 3 rings (SSSR count). The van der Waals surface area contributed by atoms with Crippen molar-refractivity contribution in [2.24, 2.45) is 10.7 Å². The first-order valence-electron chi connectivity index (χ1n) is 11.9. The number of rotatable bonds is 7. The lowest BCUT2D eigenvalue weighted by Gasteiger charge is -2.26. The number of carboxylic acids is 1. The van der Waals surface area contributed by atoms with Gasteiger partial charge in [-0.05, 0) is 40.8 Å². The number of hydrogen-bond donors (Lipinski definition) is 6. The van der Waals surface area contributed by atoms with E-state index in [9.17, 15) is 29.7 Å². The molecule has 2 unspecified atom stereocenters. The number of nitrogens with zero attached hydrogens (tertiary/aromatic N) is 2. The third-order valence-electron chi connectivity index (χ3n) is 5.97. The molecule has 2 aromatic rings. The Kier molecular flexibility index (Phi) is 9.13. The summed E-state index contributed by atoms with van der Waals surface area (Å²) in [6.45, 7) is 5.45. The monoisotopic (exact) mass is 589 g/mol. The minimum absolute atomic E-state index is 0.0560. The van der Waals surface area contributed by atoms with Crippen LogP contribution in [0.5, 0.6) is 5.75 Å². The number of carbonyl (C=O) groups is 3. The molecule has 2 amide bonds. The number of carboxylic acid groups (broad SMARTS) is 1. The number of benzene rings is 2. The summed E-state index contributed by atoms with van der Waals surface area (Å²) < 4.78 is 0.671. The van der Waals surface area contributed by atoms with Gasteiger partial charge in [-0.3, -0.25) is 24.3 Å². The van der Waals surface area contributed by atoms with Gasteiger partial charge in [-0.25, -0.2) is 0 Å². The second-order valence-electron chi connectivity index (χ2n) is 10.0. The highest BCUT2D eigenvalue weighted by Gasteiger charge is 2.31. The molecule has 7 N–H and O–H groups in total. The number of aliphatic hydroxyl groups is 1. The summed E-state index contributed by atoms with van der Waals surface area (Å²) in [6, 6.07) is 9.23. The lowest BCUT2D eigenvalue weighted by molar-refractivity contribution is -0.139. The average molecular weight is 590 g/mol. The van der Waals surface area contributed by atoms with E-state index in [1.165, 1.54) is 18.2 Å². The largest absolute Gasteiger partial charge is 0.508 e. The van der Waals surface area contributed by atoms with Crippen LogP contribution in [0.4, 0.5) is 5.69 Å². The zero-order chi connectivity index (χ0) is 28.2. The Hall–Kier alpha value is -3.48. The van der Waals surface area contributed by atoms with E-state index < -0.39 is 42.9 Å². The van der Waals surface area contributed by atoms with Gasteiger partial charge in [0.1, 0.15) is 5.75 Å². The quantitative estimate of drug-likeness (QED) is 0.281. The number of phenols is 1. The van der Waals surface area contributed by atoms with Crippen molar-refractivity contribution in [3.63, 3.8) is 0 Å². The molecule has 0 fully saturated rings. The molecular weight excluding hydrogens is 558 g/mol. The summed E-state index contributed by atoms with van der Waals surface area (Å²) in [7, 11) is 0. The van der Waals surface area contributed by atoms with Crippen LogP contribution in [0.2, 0.25) is 0 Å². The van der Waals surface area contributed by atoms with Gasteiger partial charge >= 0.3 is 5.97 Å². The molecule has 1 aliphatic rings. The molecular formula is C26H32BrN5O6. The van der Waals surface area contributed by atoms with Gasteiger partial charge in [0.2, 0.25) is 5.91 Å². The Bertz CT molecular complexity index is 1260. The molecule has 0 aliphatic carbocycles. The molecule has 0 saturated carbocycles. The maximum absolute atomic E-state index is 13.5. The van der Waals surface area contributed by atoms with E-state index in [0.717, 1.165) is 10.5 Å². The minimum Gasteiger partial charge on any atom is -0.508 e. The molecule has 0 spiro atoms. The Morgan fingerprint density at radius 2 is 1.92 bits per heavy atom. The number of phenolic OH excluding ortho intramolecular Hbond substituents is 1. The number of carbonyl (C=O) groups excluding carboxylic acids is 2. The Balaban J connectivity index is 1.95. The van der Waals surface area contributed by atoms with Crippen molar-refractivity contribution in [1.82, 2.24) is 10.2 Å². The van der Waals surface area contributed by atoms with Crippen LogP contribution in [0.1, 0.15) is 48.2 Å². The predicted molar refractivity (Wildman–Crippen MR) is 146 cm³/mol. The average Bonchev–Trinajstić information content (AvgIpc) is 2.83. The number of β-amino-alcohol motifs (C(OH)–C–C–N with tert-alkyl or cyclic N) is 1. The van der Waals surface area contributed by atoms with Gasteiger partial charge in [0.15, 0.2) is 5.96 Å². The molecule has 1 aliphatic heterocycles. The SMILES string of the molecule is CC(C)(C)c1cc(Br)cc(C(CN(C(=O)CN)C(=O)c2cc(O)cc(NC3=NCC(O)CN3)c2)C(=O)O)c1. The molecule has 12 heteroatoms. The van der Waals surface area contributed by atoms with E-state index in [-0.39, 0.29) is 29.8 Å². The number of guanidine groups is 1. The van der Waals surface area contributed by atoms with Gasteiger partial charge in [-0.1, -0.05) is 42.8 Å². The third kappa shape index (κ3) is 7.30. The second-order valence-corrected chi connectivity index (χ2v) is 11.0. The highest BCUT2D eigenvalue weighted by molar-refractivity contribution is 9.10. The number of aliphatic carboxylic acids is 1. The number of imide groups is 1. The Labute approximate surface area is 228 Å². The molecule has 2 aromatic carbocycles. The number of nitrogens with two attached hydrogens (primary N) is 1. The molecule has 38 heavy (non-hydrogen) atoms. The van der Waals surface area contributed by atoms with E-state index in [4.69, 9.17) is 5.73 Å². The fraction of sp³-hybridized carbons (Fsp3) is 0.385. The summed E-state index contributed by atoms with van der Waals surface area (Å²) in [5, 5.41) is 35.7. The molecule has 0 radical (unpaired) electrons. The summed E-state index contributed by atoms with van der Waals surface area (Å²) in [5.74, 6) is -3.94. The van der Waals surface area contributed by atoms with Crippen LogP contribution in [-0.2, 0) is 15.0 Å². The Morgan fingerprint density at radius 3 is 2.50 bits per heavy atom. The number of aliphatic hydroxyl groups excluding tert-OH is 1. The first-order valence-corrected chi connectivity index (χ1v) is 12.7. The second kappa shape index (κ2) is 11.9. The van der Waals surface area contributed by atoms with E-state index in [0.29, 0.717) is 21.7 Å². The zero-order valence-electron chi connectivity index (χ0n) is 21.4. The normalized spacial score (nSPS) is 16.2. The molecule has 1 heterocycles. The van der Waals surface area contributed by atoms with Crippen LogP contribution < -0.4 is 16.4 Å². The number of nitrogens with one attached hydrogen (secondary N) is 2. The fourth-order valence-electron chi connectivity index (χ4n) is 3.88. The van der Waals surface area contributed by atoms with Crippen molar-refractivity contribution in [1.29, 1.82) is 0 Å². The number of aromatic hydroxyl groups is 1. The van der Waals surface area contributed by atoms with Gasteiger partial charge in [-0.2, -0.15) is 0 Å².